The van der Waals surface area contributed by atoms with Crippen molar-refractivity contribution in [1.29, 1.82) is 0 Å². The van der Waals surface area contributed by atoms with E-state index < -0.39 is 48.9 Å². The Balaban J connectivity index is 2.91. The maximum atomic E-state index is 7.94. The fourth-order valence-corrected chi connectivity index (χ4v) is 1.12. The van der Waals surface area contributed by atoms with E-state index in [1.165, 1.54) is 0 Å². The van der Waals surface area contributed by atoms with Gasteiger partial charge in [-0.3, -0.25) is 0 Å². The lowest BCUT2D eigenvalue weighted by Crippen LogP contribution is -1.94. The highest BCUT2D eigenvalue weighted by atomic mass is 79.9. The molecule has 4 heteroatoms. The summed E-state index contributed by atoms with van der Waals surface area (Å²) in [5, 5.41) is 0. The summed E-state index contributed by atoms with van der Waals surface area (Å²) in [6.07, 6.45) is -0.891. The zero-order valence-electron chi connectivity index (χ0n) is 15.7. The molecule has 0 saturated heterocycles. The Kier molecular flexibility index (Phi) is 0.926. The molecule has 0 bridgehead atoms. The van der Waals surface area contributed by atoms with Crippen molar-refractivity contribution in [2.24, 2.45) is 0 Å². The van der Waals surface area contributed by atoms with Gasteiger partial charge in [0.05, 0.1) is 23.7 Å². The molecule has 1 aromatic heterocycles. The van der Waals surface area contributed by atoms with Crippen LogP contribution in [0.3, 0.4) is 0 Å². The molecule has 0 unspecified atom stereocenters. The lowest BCUT2D eigenvalue weighted by atomic mass is 10.3. The Morgan fingerprint density at radius 1 is 1.57 bits per heavy atom. The highest BCUT2D eigenvalue weighted by molar-refractivity contribution is 9.10. The molecule has 2 aromatic rings. The number of benzene rings is 1. The van der Waals surface area contributed by atoms with E-state index in [-0.39, 0.29) is 10.8 Å². The normalized spacial score (nSPS) is 20.2. The lowest BCUT2D eigenvalue weighted by molar-refractivity contribution is 0.413. The van der Waals surface area contributed by atoms with E-state index in [2.05, 4.69) is 20.9 Å². The third-order valence-corrected chi connectivity index (χ3v) is 1.77. The van der Waals surface area contributed by atoms with E-state index in [1.54, 1.807) is 0 Å². The van der Waals surface area contributed by atoms with Gasteiger partial charge in [-0.25, -0.2) is 4.98 Å². The summed E-state index contributed by atoms with van der Waals surface area (Å²) in [6, 6.07) is -2.69. The summed E-state index contributed by atoms with van der Waals surface area (Å²) < 4.78 is 73.6. The molecular weight excluding hydrogens is 244 g/mol. The van der Waals surface area contributed by atoms with Crippen LogP contribution in [0, 0.1) is 0 Å². The first kappa shape index (κ1) is 3.38. The fourth-order valence-electron chi connectivity index (χ4n) is 0.868. The summed E-state index contributed by atoms with van der Waals surface area (Å²) in [7, 11) is -2.98. The van der Waals surface area contributed by atoms with Crippen molar-refractivity contribution in [1.82, 2.24) is 9.55 Å². The Labute approximate surface area is 103 Å². The molecule has 1 aromatic carbocycles. The molecule has 1 heterocycles. The van der Waals surface area contributed by atoms with Crippen molar-refractivity contribution in [2.45, 2.75) is 0 Å². The van der Waals surface area contributed by atoms with Crippen LogP contribution in [0.4, 0.5) is 0 Å². The van der Waals surface area contributed by atoms with Gasteiger partial charge >= 0.3 is 0 Å². The van der Waals surface area contributed by atoms with Crippen LogP contribution < -0.4 is 4.74 Å². The summed E-state index contributed by atoms with van der Waals surface area (Å²) in [5.74, 6) is -0.678. The van der Waals surface area contributed by atoms with Gasteiger partial charge < -0.3 is 9.30 Å². The van der Waals surface area contributed by atoms with E-state index in [0.717, 1.165) is 4.57 Å². The number of rotatable bonds is 2. The first-order valence-corrected chi connectivity index (χ1v) is 4.26. The van der Waals surface area contributed by atoms with E-state index in [0.29, 0.717) is 0 Å². The lowest BCUT2D eigenvalue weighted by Gasteiger charge is -2.07. The van der Waals surface area contributed by atoms with Gasteiger partial charge in [0.2, 0.25) is 0 Å². The number of aromatic nitrogens is 2. The first-order chi connectivity index (χ1) is 10.5. The SMILES string of the molecule is [2H]c1c([2H])c([2H])c(-n2c([2H])nc(Br)c2[2H])c(OC([2H])([2H])[2H])c1[2H]. The number of para-hydroxylation sites is 2. The number of methoxy groups -OCH3 is 1. The zero-order valence-corrected chi connectivity index (χ0v) is 8.27. The molecule has 0 radical (unpaired) electrons. The Bertz CT molecular complexity index is 786. The number of halogens is 1. The van der Waals surface area contributed by atoms with Gasteiger partial charge in [-0.15, -0.1) is 0 Å². The number of ether oxygens (including phenoxy) is 1. The van der Waals surface area contributed by atoms with Crippen LogP contribution in [0.5, 0.6) is 5.75 Å². The Hall–Kier alpha value is -1.29. The molecule has 0 aliphatic rings. The van der Waals surface area contributed by atoms with E-state index in [4.69, 9.17) is 17.1 Å². The van der Waals surface area contributed by atoms with Crippen LogP contribution in [0.15, 0.2) is 41.2 Å². The Morgan fingerprint density at radius 2 is 2.43 bits per heavy atom. The molecule has 0 amide bonds. The third-order valence-electron chi connectivity index (χ3n) is 1.41. The minimum absolute atomic E-state index is 0.0326. The zero-order chi connectivity index (χ0) is 17.7. The summed E-state index contributed by atoms with van der Waals surface area (Å²) in [6.45, 7) is 0. The molecular formula is C10H9BrN2O. The highest BCUT2D eigenvalue weighted by Crippen LogP contribution is 2.22. The average Bonchev–Trinajstić information content (AvgIpc) is 2.67. The second kappa shape index (κ2) is 3.84. The minimum atomic E-state index is -2.98. The molecule has 0 spiro atoms. The molecule has 0 N–H and O–H groups in total. The molecule has 0 atom stereocenters. The van der Waals surface area contributed by atoms with Gasteiger partial charge in [0.25, 0.3) is 0 Å². The number of hydrogen-bond donors (Lipinski definition) is 0. The highest BCUT2D eigenvalue weighted by Gasteiger charge is 2.03. The standard InChI is InChI=1S/C10H9BrN2O/c1-14-9-5-3-2-4-8(9)13-6-10(11)12-7-13/h2-7H,1H3/i1D3,2D,3D,4D,5D,6D,7D. The predicted octanol–water partition coefficient (Wildman–Crippen LogP) is 2.64. The van der Waals surface area contributed by atoms with Crippen LogP contribution in [0.25, 0.3) is 5.69 Å². The second-order valence-electron chi connectivity index (χ2n) is 2.23. The van der Waals surface area contributed by atoms with E-state index in [9.17, 15) is 0 Å². The van der Waals surface area contributed by atoms with Crippen LogP contribution >= 0.6 is 15.9 Å². The van der Waals surface area contributed by atoms with Crippen molar-refractivity contribution < 1.29 is 17.1 Å². The van der Waals surface area contributed by atoms with Crippen molar-refractivity contribution in [2.75, 3.05) is 7.04 Å². The molecule has 3 nitrogen and oxygen atoms in total. The largest absolute Gasteiger partial charge is 0.495 e. The minimum Gasteiger partial charge on any atom is -0.495 e. The summed E-state index contributed by atoms with van der Waals surface area (Å²) in [4.78, 5) is 3.66. The molecule has 0 aliphatic carbocycles. The molecule has 72 valence electrons. The molecule has 14 heavy (non-hydrogen) atoms. The molecule has 0 aliphatic heterocycles. The predicted molar refractivity (Wildman–Crippen MR) is 57.8 cm³/mol. The van der Waals surface area contributed by atoms with Gasteiger partial charge in [-0.1, -0.05) is 12.1 Å². The number of nitrogens with zero attached hydrogens (tertiary/aromatic N) is 2. The summed E-state index contributed by atoms with van der Waals surface area (Å²) in [5.41, 5.74) is -0.458. The van der Waals surface area contributed by atoms with Crippen molar-refractivity contribution >= 4 is 15.9 Å². The van der Waals surface area contributed by atoms with Gasteiger partial charge in [-0.2, -0.15) is 0 Å². The number of imidazole rings is 1. The van der Waals surface area contributed by atoms with Crippen LogP contribution in [0.1, 0.15) is 12.3 Å². The molecule has 0 saturated carbocycles. The maximum Gasteiger partial charge on any atom is 0.142 e. The van der Waals surface area contributed by atoms with Gasteiger partial charge in [0.15, 0.2) is 0 Å². The molecule has 2 rings (SSSR count). The van der Waals surface area contributed by atoms with Crippen molar-refractivity contribution in [3.05, 3.63) is 41.2 Å². The first-order valence-electron chi connectivity index (χ1n) is 7.97. The van der Waals surface area contributed by atoms with E-state index in [1.807, 2.05) is 0 Å². The topological polar surface area (TPSA) is 27.1 Å². The Morgan fingerprint density at radius 3 is 3.14 bits per heavy atom. The summed E-state index contributed by atoms with van der Waals surface area (Å²) >= 11 is 2.94. The third kappa shape index (κ3) is 1.65. The van der Waals surface area contributed by atoms with Crippen LogP contribution in [0.2, 0.25) is 0 Å². The average molecular weight is 262 g/mol. The quantitative estimate of drug-likeness (QED) is 0.831. The van der Waals surface area contributed by atoms with Crippen LogP contribution in [-0.2, 0) is 0 Å². The molecule has 0 fully saturated rings. The maximum absolute atomic E-state index is 7.94. The smallest absolute Gasteiger partial charge is 0.142 e. The fraction of sp³-hybridized carbons (Fsp3) is 0.100. The number of hydrogen-bond acceptors (Lipinski definition) is 2. The second-order valence-corrected chi connectivity index (χ2v) is 2.98. The van der Waals surface area contributed by atoms with Gasteiger partial charge in [0, 0.05) is 6.17 Å². The van der Waals surface area contributed by atoms with Crippen LogP contribution in [-0.4, -0.2) is 16.6 Å². The van der Waals surface area contributed by atoms with E-state index >= 15 is 0 Å². The van der Waals surface area contributed by atoms with Gasteiger partial charge in [0.1, 0.15) is 18.0 Å². The monoisotopic (exact) mass is 261 g/mol. The van der Waals surface area contributed by atoms with Gasteiger partial charge in [-0.05, 0) is 28.0 Å². The van der Waals surface area contributed by atoms with Crippen molar-refractivity contribution in [3.63, 3.8) is 0 Å². The van der Waals surface area contributed by atoms with Crippen molar-refractivity contribution in [3.8, 4) is 11.4 Å².